The van der Waals surface area contributed by atoms with Gasteiger partial charge in [0.1, 0.15) is 5.75 Å². The van der Waals surface area contributed by atoms with Crippen molar-refractivity contribution in [2.75, 3.05) is 0 Å². The number of hydrogen-bond donors (Lipinski definition) is 1. The molecule has 0 heterocycles. The Morgan fingerprint density at radius 3 is 1.57 bits per heavy atom. The molecule has 0 spiro atoms. The molecule has 5 heteroatoms. The van der Waals surface area contributed by atoms with Crippen molar-refractivity contribution in [1.29, 1.82) is 0 Å². The van der Waals surface area contributed by atoms with Crippen LogP contribution in [0.3, 0.4) is 0 Å². The maximum absolute atomic E-state index is 10.0. The number of phenols is 1. The van der Waals surface area contributed by atoms with Gasteiger partial charge >= 0.3 is 37.6 Å². The first-order valence-electron chi connectivity index (χ1n) is 9.88. The fourth-order valence-corrected chi connectivity index (χ4v) is 3.99. The summed E-state index contributed by atoms with van der Waals surface area (Å²) < 4.78 is 1.42. The summed E-state index contributed by atoms with van der Waals surface area (Å²) >= 11 is 2.08. The van der Waals surface area contributed by atoms with Gasteiger partial charge in [0, 0.05) is 0 Å². The molecule has 30 heavy (non-hydrogen) atoms. The summed E-state index contributed by atoms with van der Waals surface area (Å²) in [5.41, 5.74) is 8.89. The van der Waals surface area contributed by atoms with Gasteiger partial charge < -0.3 is 29.9 Å². The van der Waals surface area contributed by atoms with E-state index in [4.69, 9.17) is 0 Å². The molecule has 0 fully saturated rings. The average Bonchev–Trinajstić information content (AvgIpc) is 2.76. The molecule has 1 aromatic carbocycles. The Kier molecular flexibility index (Phi) is 16.2. The van der Waals surface area contributed by atoms with E-state index in [1.165, 1.54) is 37.2 Å². The van der Waals surface area contributed by atoms with Crippen LogP contribution >= 0.6 is 0 Å². The largest absolute Gasteiger partial charge is 1.00 e. The van der Waals surface area contributed by atoms with E-state index in [2.05, 4.69) is 112 Å². The molecule has 0 aromatic heterocycles. The van der Waals surface area contributed by atoms with Gasteiger partial charge in [0.05, 0.1) is 10.2 Å². The monoisotopic (exact) mass is 500 g/mol. The zero-order valence-electron chi connectivity index (χ0n) is 20.8. The first-order chi connectivity index (χ1) is 12.5. The van der Waals surface area contributed by atoms with Crippen LogP contribution in [0.5, 0.6) is 5.75 Å². The van der Waals surface area contributed by atoms with Crippen LogP contribution in [0.1, 0.15) is 84.6 Å². The molecular weight excluding hydrogens is 463 g/mol. The molecule has 1 aromatic rings. The summed E-state index contributed by atoms with van der Waals surface area (Å²) in [5, 5.41) is 10.8. The van der Waals surface area contributed by atoms with Crippen molar-refractivity contribution in [1.82, 2.24) is 0 Å². The number of benzene rings is 1. The van der Waals surface area contributed by atoms with E-state index < -0.39 is 0 Å². The number of phenolic OH excluding ortho intramolecular Hbond substituents is 1. The van der Waals surface area contributed by atoms with Crippen LogP contribution < -0.4 is 30.0 Å². The van der Waals surface area contributed by atoms with Gasteiger partial charge in [0.15, 0.2) is 0 Å². The van der Waals surface area contributed by atoms with Crippen molar-refractivity contribution < 1.29 is 49.9 Å². The van der Waals surface area contributed by atoms with E-state index in [9.17, 15) is 5.11 Å². The molecule has 1 aliphatic carbocycles. The molecule has 1 aliphatic rings. The predicted molar refractivity (Wildman–Crippen MR) is 123 cm³/mol. The molecule has 3 radical (unpaired) electrons. The number of allylic oxidation sites excluding steroid dienone is 4. The van der Waals surface area contributed by atoms with Crippen LogP contribution in [-0.2, 0) is 25.4 Å². The van der Waals surface area contributed by atoms with Gasteiger partial charge in [-0.2, -0.15) is 11.1 Å². The van der Waals surface area contributed by atoms with E-state index in [1.54, 1.807) is 0 Å². The van der Waals surface area contributed by atoms with Crippen molar-refractivity contribution in [3.05, 3.63) is 45.0 Å². The molecule has 2 rings (SSSR count). The van der Waals surface area contributed by atoms with Crippen molar-refractivity contribution in [3.63, 3.8) is 0 Å². The second kappa shape index (κ2) is 14.1. The summed E-state index contributed by atoms with van der Waals surface area (Å²) in [6, 6.07) is 0. The Bertz CT molecular complexity index is 769. The minimum Gasteiger partial charge on any atom is -1.00 e. The van der Waals surface area contributed by atoms with Crippen LogP contribution in [-0.4, -0.2) is 19.2 Å². The van der Waals surface area contributed by atoms with Crippen molar-refractivity contribution >= 4 is 19.2 Å². The molecule has 0 aliphatic heterocycles. The number of halogens is 2. The Labute approximate surface area is 213 Å². The second-order valence-electron chi connectivity index (χ2n) is 9.02. The third kappa shape index (κ3) is 9.57. The van der Waals surface area contributed by atoms with Crippen LogP contribution in [0.15, 0.2) is 16.7 Å². The molecule has 0 saturated carbocycles. The standard InChI is InChI=1S/C13H19OSi.C9H13.C3H6.2ClH.Ti/c1-7-8(2)10(13(4,5)6)12(15)11(14)9(7)3;1-6-5-7(2)9(4)8(6)3;1-3-2;;;/h14H,1-6H3;6H,1-4H3;1-2H3;2*1H;/q;-1;;;;+1/p-2. The van der Waals surface area contributed by atoms with E-state index in [-0.39, 0.29) is 30.2 Å². The normalized spacial score (nSPS) is 15.0. The van der Waals surface area contributed by atoms with Gasteiger partial charge in [-0.05, 0) is 53.6 Å². The summed E-state index contributed by atoms with van der Waals surface area (Å²) in [6.07, 6.45) is 3.36. The quantitative estimate of drug-likeness (QED) is 0.389. The fraction of sp³-hybridized carbons (Fsp3) is 0.560. The molecule has 0 amide bonds. The smallest absolute Gasteiger partial charge is 0.117 e. The Morgan fingerprint density at radius 2 is 1.33 bits per heavy atom. The minimum absolute atomic E-state index is 0. The fourth-order valence-electron chi connectivity index (χ4n) is 3.24. The van der Waals surface area contributed by atoms with Gasteiger partial charge in [0.25, 0.3) is 0 Å². The van der Waals surface area contributed by atoms with E-state index in [1.807, 2.05) is 6.92 Å². The van der Waals surface area contributed by atoms with Gasteiger partial charge in [-0.25, -0.2) is 5.57 Å². The Balaban J connectivity index is -0.000000417. The van der Waals surface area contributed by atoms with E-state index >= 15 is 0 Å². The maximum Gasteiger partial charge on any atom is 0.117 e. The van der Waals surface area contributed by atoms with E-state index in [0.717, 1.165) is 10.8 Å². The first-order valence-corrected chi connectivity index (χ1v) is 11.2. The first kappa shape index (κ1) is 34.5. The minimum atomic E-state index is 0. The topological polar surface area (TPSA) is 20.2 Å². The number of rotatable bonds is 0. The van der Waals surface area contributed by atoms with Gasteiger partial charge in [-0.3, -0.25) is 6.08 Å². The zero-order valence-corrected chi connectivity index (χ0v) is 24.9. The zero-order chi connectivity index (χ0) is 22.6. The summed E-state index contributed by atoms with van der Waals surface area (Å²) in [5.74, 6) is 0.935. The van der Waals surface area contributed by atoms with Crippen molar-refractivity contribution in [2.24, 2.45) is 5.92 Å². The second-order valence-corrected chi connectivity index (χ2v) is 11.1. The molecule has 0 bridgehead atoms. The Hall–Kier alpha value is -0.119. The van der Waals surface area contributed by atoms with Gasteiger partial charge in [0.2, 0.25) is 0 Å². The SMILES string of the molecule is CC1=[C-]C(C)C(C)=C1C.C[C](C)=[Ti+].Cc1c(C)c(O)c([Si])c(C(C)(C)C)c1C.[Cl-].[Cl-]. The molecule has 1 nitrogen and oxygen atoms in total. The molecule has 1 N–H and O–H groups in total. The van der Waals surface area contributed by atoms with Crippen molar-refractivity contribution in [3.8, 4) is 5.75 Å². The third-order valence-corrected chi connectivity index (χ3v) is 5.82. The summed E-state index contributed by atoms with van der Waals surface area (Å²) in [6.45, 7) is 25.4. The molecule has 0 saturated heterocycles. The summed E-state index contributed by atoms with van der Waals surface area (Å²) in [4.78, 5) is 0. The average molecular weight is 501 g/mol. The number of aromatic hydroxyl groups is 1. The summed E-state index contributed by atoms with van der Waals surface area (Å²) in [7, 11) is 3.56. The molecular formula is C25H38Cl2OSiTi-2. The van der Waals surface area contributed by atoms with Gasteiger partial charge in [-0.15, -0.1) is 6.92 Å². The molecule has 168 valence electrons. The third-order valence-electron chi connectivity index (χ3n) is 5.33. The van der Waals surface area contributed by atoms with Crippen LogP contribution in [0.4, 0.5) is 0 Å². The van der Waals surface area contributed by atoms with Crippen LogP contribution in [0, 0.1) is 32.8 Å². The molecule has 1 unspecified atom stereocenters. The van der Waals surface area contributed by atoms with Crippen LogP contribution in [0.2, 0.25) is 0 Å². The number of hydrogen-bond acceptors (Lipinski definition) is 1. The maximum atomic E-state index is 10.0. The van der Waals surface area contributed by atoms with Gasteiger partial charge in [-0.1, -0.05) is 47.5 Å². The Morgan fingerprint density at radius 1 is 0.933 bits per heavy atom. The molecule has 1 atom stereocenters. The van der Waals surface area contributed by atoms with E-state index in [0.29, 0.717) is 11.7 Å². The predicted octanol–water partition coefficient (Wildman–Crippen LogP) is -0.116. The van der Waals surface area contributed by atoms with Crippen molar-refractivity contribution in [2.45, 2.75) is 88.5 Å². The van der Waals surface area contributed by atoms with Crippen LogP contribution in [0.25, 0.3) is 0 Å².